The fraction of sp³-hybridized carbons (Fsp3) is 0.273. The van der Waals surface area contributed by atoms with Gasteiger partial charge in [0.1, 0.15) is 0 Å². The van der Waals surface area contributed by atoms with Gasteiger partial charge in [-0.05, 0) is 0 Å². The molecule has 78 valence electrons. The van der Waals surface area contributed by atoms with E-state index < -0.39 is 0 Å². The van der Waals surface area contributed by atoms with Gasteiger partial charge in [0.05, 0.1) is 0 Å². The molecule has 2 N–H and O–H groups in total. The van der Waals surface area contributed by atoms with Gasteiger partial charge >= 0.3 is 94.7 Å². The van der Waals surface area contributed by atoms with Crippen molar-refractivity contribution in [3.63, 3.8) is 0 Å². The van der Waals surface area contributed by atoms with Crippen molar-refractivity contribution in [3.05, 3.63) is 35.4 Å². The summed E-state index contributed by atoms with van der Waals surface area (Å²) >= 11 is 0.0436. The number of hydrogen-bond acceptors (Lipinski definition) is 2. The van der Waals surface area contributed by atoms with E-state index in [-0.39, 0.29) is 25.7 Å². The Morgan fingerprint density at radius 3 is 2.60 bits per heavy atom. The van der Waals surface area contributed by atoms with Gasteiger partial charge in [0.15, 0.2) is 0 Å². The summed E-state index contributed by atoms with van der Waals surface area (Å²) in [4.78, 5) is 15.2. The van der Waals surface area contributed by atoms with E-state index in [4.69, 9.17) is 5.73 Å². The van der Waals surface area contributed by atoms with E-state index in [1.165, 1.54) is 11.1 Å². The van der Waals surface area contributed by atoms with Crippen LogP contribution in [0.2, 0.25) is 4.82 Å². The van der Waals surface area contributed by atoms with Gasteiger partial charge in [-0.15, -0.1) is 0 Å². The Hall–Kier alpha value is -1.12. The summed E-state index contributed by atoms with van der Waals surface area (Å²) in [5, 5.41) is 0. The van der Waals surface area contributed by atoms with Crippen molar-refractivity contribution in [3.8, 4) is 0 Å². The molecule has 1 aliphatic heterocycles. The molecular formula is C11H12N2OSe. The van der Waals surface area contributed by atoms with Crippen LogP contribution >= 0.6 is 0 Å². The Morgan fingerprint density at radius 1 is 1.40 bits per heavy atom. The number of aliphatic imine (C=N–C) groups is 1. The third kappa shape index (κ3) is 2.46. The number of carbonyl (C=O) groups is 1. The third-order valence-corrected chi connectivity index (χ3v) is 4.37. The van der Waals surface area contributed by atoms with Crippen molar-refractivity contribution >= 4 is 25.6 Å². The Bertz CT molecular complexity index is 411. The van der Waals surface area contributed by atoms with Gasteiger partial charge in [0.25, 0.3) is 0 Å². The van der Waals surface area contributed by atoms with Crippen LogP contribution in [0.15, 0.2) is 29.3 Å². The molecule has 0 spiro atoms. The van der Waals surface area contributed by atoms with Crippen LogP contribution in [0.4, 0.5) is 0 Å². The average molecular weight is 267 g/mol. The molecule has 1 atom stereocenters. The minimum absolute atomic E-state index is 0.0141. The summed E-state index contributed by atoms with van der Waals surface area (Å²) in [6, 6.07) is 8.25. The fourth-order valence-corrected chi connectivity index (χ4v) is 3.28. The van der Waals surface area contributed by atoms with Crippen molar-refractivity contribution < 1.29 is 4.79 Å². The zero-order chi connectivity index (χ0) is 10.8. The molecule has 1 unspecified atom stereocenters. The minimum atomic E-state index is -0.0481. The Kier molecular flexibility index (Phi) is 2.89. The van der Waals surface area contributed by atoms with E-state index in [2.05, 4.69) is 36.2 Å². The van der Waals surface area contributed by atoms with Crippen LogP contribution in [0.3, 0.4) is 0 Å². The molecule has 15 heavy (non-hydrogen) atoms. The predicted molar refractivity (Wildman–Crippen MR) is 61.0 cm³/mol. The van der Waals surface area contributed by atoms with Crippen LogP contribution in [0, 0.1) is 6.92 Å². The second kappa shape index (κ2) is 4.17. The monoisotopic (exact) mass is 268 g/mol. The van der Waals surface area contributed by atoms with E-state index in [0.717, 1.165) is 6.42 Å². The summed E-state index contributed by atoms with van der Waals surface area (Å²) in [6.45, 7) is 2.05. The molecule has 4 heteroatoms. The van der Waals surface area contributed by atoms with Crippen LogP contribution in [-0.2, 0) is 11.2 Å². The molecule has 1 heterocycles. The number of amides is 1. The molecule has 2 rings (SSSR count). The molecule has 0 aliphatic carbocycles. The average Bonchev–Trinajstić information content (AvgIpc) is 2.49. The number of nitrogens with two attached hydrogens (primary N) is 1. The predicted octanol–water partition coefficient (Wildman–Crippen LogP) is 0.885. The summed E-state index contributed by atoms with van der Waals surface area (Å²) in [7, 11) is 0. The van der Waals surface area contributed by atoms with Gasteiger partial charge in [0, 0.05) is 0 Å². The molecule has 1 aromatic carbocycles. The number of amidine groups is 1. The number of hydrogen-bond donors (Lipinski definition) is 1. The molecular weight excluding hydrogens is 255 g/mol. The second-order valence-electron chi connectivity index (χ2n) is 3.58. The van der Waals surface area contributed by atoms with Crippen molar-refractivity contribution in [1.29, 1.82) is 0 Å². The third-order valence-electron chi connectivity index (χ3n) is 2.30. The second-order valence-corrected chi connectivity index (χ2v) is 6.15. The normalized spacial score (nSPS) is 20.5. The molecule has 0 saturated carbocycles. The van der Waals surface area contributed by atoms with Crippen molar-refractivity contribution in [2.24, 2.45) is 10.7 Å². The van der Waals surface area contributed by atoms with E-state index in [9.17, 15) is 4.79 Å². The molecule has 0 fully saturated rings. The van der Waals surface area contributed by atoms with Crippen LogP contribution in [0.5, 0.6) is 0 Å². The number of rotatable bonds is 2. The Labute approximate surface area is 94.9 Å². The number of nitrogens with zero attached hydrogens (tertiary/aromatic N) is 1. The summed E-state index contributed by atoms with van der Waals surface area (Å²) in [6.07, 6.45) is 0.767. The van der Waals surface area contributed by atoms with E-state index in [0.29, 0.717) is 4.73 Å². The van der Waals surface area contributed by atoms with Crippen molar-refractivity contribution in [1.82, 2.24) is 0 Å². The van der Waals surface area contributed by atoms with Crippen LogP contribution in [0.25, 0.3) is 0 Å². The molecule has 0 saturated heterocycles. The SMILES string of the molecule is Cc1ccc(CC2[Se]C(N)=NC2=O)cc1. The molecule has 1 amide bonds. The van der Waals surface area contributed by atoms with Crippen molar-refractivity contribution in [2.75, 3.05) is 0 Å². The van der Waals surface area contributed by atoms with Gasteiger partial charge in [0.2, 0.25) is 0 Å². The van der Waals surface area contributed by atoms with Crippen LogP contribution in [-0.4, -0.2) is 25.6 Å². The summed E-state index contributed by atoms with van der Waals surface area (Å²) in [5.41, 5.74) is 7.97. The van der Waals surface area contributed by atoms with Crippen molar-refractivity contribution in [2.45, 2.75) is 18.2 Å². The van der Waals surface area contributed by atoms with E-state index in [1.807, 2.05) is 0 Å². The van der Waals surface area contributed by atoms with Crippen LogP contribution < -0.4 is 5.73 Å². The molecule has 0 radical (unpaired) electrons. The molecule has 3 nitrogen and oxygen atoms in total. The van der Waals surface area contributed by atoms with E-state index in [1.54, 1.807) is 0 Å². The van der Waals surface area contributed by atoms with Gasteiger partial charge in [-0.3, -0.25) is 0 Å². The molecule has 0 aromatic heterocycles. The zero-order valence-electron chi connectivity index (χ0n) is 8.43. The summed E-state index contributed by atoms with van der Waals surface area (Å²) in [5.74, 6) is -0.0481. The number of benzene rings is 1. The zero-order valence-corrected chi connectivity index (χ0v) is 10.1. The fourth-order valence-electron chi connectivity index (χ4n) is 1.47. The van der Waals surface area contributed by atoms with Gasteiger partial charge < -0.3 is 0 Å². The van der Waals surface area contributed by atoms with Gasteiger partial charge in [-0.25, -0.2) is 0 Å². The molecule has 1 aromatic rings. The molecule has 0 bridgehead atoms. The standard InChI is InChI=1S/C11H12N2OSe/c1-7-2-4-8(5-3-7)6-9-10(14)13-11(12)15-9/h2-5,9H,6H2,1H3,(H2,12,13,14). The van der Waals surface area contributed by atoms with E-state index >= 15 is 0 Å². The Balaban J connectivity index is 2.04. The van der Waals surface area contributed by atoms with Gasteiger partial charge in [-0.1, -0.05) is 0 Å². The number of carbonyl (C=O) groups excluding carboxylic acids is 1. The first-order chi connectivity index (χ1) is 7.15. The van der Waals surface area contributed by atoms with Gasteiger partial charge in [-0.2, -0.15) is 0 Å². The number of aryl methyl sites for hydroxylation is 1. The first-order valence-electron chi connectivity index (χ1n) is 4.75. The Morgan fingerprint density at radius 2 is 2.07 bits per heavy atom. The first kappa shape index (κ1) is 10.4. The molecule has 1 aliphatic rings. The maximum absolute atomic E-state index is 11.4. The maximum atomic E-state index is 11.4. The first-order valence-corrected chi connectivity index (χ1v) is 6.60. The topological polar surface area (TPSA) is 55.4 Å². The quantitative estimate of drug-likeness (QED) is 0.809. The summed E-state index contributed by atoms with van der Waals surface area (Å²) < 4.78 is 0.532. The van der Waals surface area contributed by atoms with Crippen LogP contribution in [0.1, 0.15) is 11.1 Å².